The third-order valence-electron chi connectivity index (χ3n) is 5.00. The quantitative estimate of drug-likeness (QED) is 0.546. The second kappa shape index (κ2) is 8.10. The third kappa shape index (κ3) is 3.71. The number of hydrogen-bond acceptors (Lipinski definition) is 3. The van der Waals surface area contributed by atoms with Crippen molar-refractivity contribution in [2.45, 2.75) is 38.3 Å². The van der Waals surface area contributed by atoms with Gasteiger partial charge in [0.1, 0.15) is 0 Å². The average molecular weight is 378 g/mol. The van der Waals surface area contributed by atoms with Crippen LogP contribution in [0.5, 0.6) is 0 Å². The predicted molar refractivity (Wildman–Crippen MR) is 102 cm³/mol. The molecule has 0 spiro atoms. The summed E-state index contributed by atoms with van der Waals surface area (Å²) < 4.78 is 1.91. The molecule has 2 heterocycles. The number of aromatic nitrogens is 1. The maximum atomic E-state index is 12.2. The molecule has 1 saturated heterocycles. The zero-order valence-electron chi connectivity index (χ0n) is 14.7. The molecule has 1 aliphatic rings. The van der Waals surface area contributed by atoms with Crippen molar-refractivity contribution < 1.29 is 14.7 Å². The van der Waals surface area contributed by atoms with E-state index in [1.807, 2.05) is 10.8 Å². The van der Waals surface area contributed by atoms with Gasteiger partial charge >= 0.3 is 5.97 Å². The van der Waals surface area contributed by atoms with Crippen molar-refractivity contribution in [3.8, 4) is 0 Å². The number of hydrogen-bond donors (Lipinski definition) is 2. The summed E-state index contributed by atoms with van der Waals surface area (Å²) in [5, 5.41) is 10.2. The van der Waals surface area contributed by atoms with E-state index < -0.39 is 18.0 Å². The minimum atomic E-state index is -0.961. The van der Waals surface area contributed by atoms with Crippen molar-refractivity contribution in [3.05, 3.63) is 35.5 Å². The van der Waals surface area contributed by atoms with Crippen LogP contribution in [-0.4, -0.2) is 45.4 Å². The number of nitrogens with zero attached hydrogens (tertiary/aromatic N) is 2. The van der Waals surface area contributed by atoms with Crippen molar-refractivity contribution in [1.82, 2.24) is 9.47 Å². The Balaban J connectivity index is 2.08. The van der Waals surface area contributed by atoms with E-state index in [1.54, 1.807) is 18.2 Å². The number of rotatable bonds is 8. The number of aryl methyl sites for hydroxylation is 1. The zero-order valence-corrected chi connectivity index (χ0v) is 15.4. The molecule has 26 heavy (non-hydrogen) atoms. The number of nitrogens with two attached hydrogens (primary N) is 1. The fourth-order valence-electron chi connectivity index (χ4n) is 3.75. The van der Waals surface area contributed by atoms with Crippen LogP contribution in [0.4, 0.5) is 0 Å². The third-order valence-corrected chi connectivity index (χ3v) is 5.26. The Morgan fingerprint density at radius 3 is 2.58 bits per heavy atom. The SMILES string of the molecule is NC(=O)C(N1CCCC1)n1cc(CCCCCl)c2cc(C(=O)O)ccc21. The van der Waals surface area contributed by atoms with E-state index in [0.29, 0.717) is 5.88 Å². The lowest BCUT2D eigenvalue weighted by atomic mass is 10.1. The van der Waals surface area contributed by atoms with Crippen molar-refractivity contribution in [2.24, 2.45) is 5.73 Å². The predicted octanol–water partition coefficient (Wildman–Crippen LogP) is 2.98. The van der Waals surface area contributed by atoms with Gasteiger partial charge in [-0.05, 0) is 55.9 Å². The largest absolute Gasteiger partial charge is 0.478 e. The lowest BCUT2D eigenvalue weighted by Gasteiger charge is -2.26. The van der Waals surface area contributed by atoms with Crippen LogP contribution in [-0.2, 0) is 11.2 Å². The minimum Gasteiger partial charge on any atom is -0.478 e. The normalized spacial score (nSPS) is 16.2. The number of fused-ring (bicyclic) bond motifs is 1. The Bertz CT molecular complexity index is 812. The van der Waals surface area contributed by atoms with Crippen molar-refractivity contribution in [2.75, 3.05) is 19.0 Å². The van der Waals surface area contributed by atoms with E-state index in [9.17, 15) is 14.7 Å². The fraction of sp³-hybridized carbons (Fsp3) is 0.474. The second-order valence-corrected chi connectivity index (χ2v) is 7.14. The summed E-state index contributed by atoms with van der Waals surface area (Å²) >= 11 is 5.79. The van der Waals surface area contributed by atoms with Gasteiger partial charge in [0.05, 0.1) is 11.1 Å². The summed E-state index contributed by atoms with van der Waals surface area (Å²) in [5.41, 5.74) is 7.84. The molecular formula is C19H24ClN3O3. The lowest BCUT2D eigenvalue weighted by molar-refractivity contribution is -0.125. The highest BCUT2D eigenvalue weighted by Gasteiger charge is 2.29. The monoisotopic (exact) mass is 377 g/mol. The molecule has 1 atom stereocenters. The lowest BCUT2D eigenvalue weighted by Crippen LogP contribution is -2.39. The molecule has 0 aliphatic carbocycles. The Labute approximate surface area is 157 Å². The van der Waals surface area contributed by atoms with E-state index >= 15 is 0 Å². The van der Waals surface area contributed by atoms with Gasteiger partial charge in [0.15, 0.2) is 6.17 Å². The number of benzene rings is 1. The molecule has 2 aromatic rings. The van der Waals surface area contributed by atoms with Crippen LogP contribution < -0.4 is 5.73 Å². The van der Waals surface area contributed by atoms with Gasteiger partial charge in [-0.25, -0.2) is 4.79 Å². The molecule has 3 rings (SSSR count). The van der Waals surface area contributed by atoms with Crippen molar-refractivity contribution >= 4 is 34.4 Å². The number of unbranched alkanes of at least 4 members (excludes halogenated alkanes) is 1. The molecule has 1 aliphatic heterocycles. The topological polar surface area (TPSA) is 88.6 Å². The number of carbonyl (C=O) groups excluding carboxylic acids is 1. The first kappa shape index (κ1) is 18.7. The highest BCUT2D eigenvalue weighted by Crippen LogP contribution is 2.30. The molecule has 1 amide bonds. The van der Waals surface area contributed by atoms with Gasteiger partial charge in [-0.2, -0.15) is 0 Å². The second-order valence-electron chi connectivity index (χ2n) is 6.76. The highest BCUT2D eigenvalue weighted by atomic mass is 35.5. The molecule has 0 radical (unpaired) electrons. The molecule has 6 nitrogen and oxygen atoms in total. The summed E-state index contributed by atoms with van der Waals surface area (Å²) in [7, 11) is 0. The number of carboxylic acid groups (broad SMARTS) is 1. The molecular weight excluding hydrogens is 354 g/mol. The molecule has 1 aromatic carbocycles. The molecule has 3 N–H and O–H groups in total. The van der Waals surface area contributed by atoms with Crippen molar-refractivity contribution in [1.29, 1.82) is 0 Å². The Morgan fingerprint density at radius 2 is 1.96 bits per heavy atom. The number of amides is 1. The standard InChI is InChI=1S/C19H24ClN3O3/c20-8-2-1-5-14-12-23(18(17(21)24)22-9-3-4-10-22)16-7-6-13(19(25)26)11-15(14)16/h6-7,11-12,18H,1-5,8-10H2,(H2,21,24)(H,25,26). The first-order valence-corrected chi connectivity index (χ1v) is 9.52. The Kier molecular flexibility index (Phi) is 5.84. The van der Waals surface area contributed by atoms with Gasteiger partial charge in [-0.15, -0.1) is 11.6 Å². The van der Waals surface area contributed by atoms with Gasteiger partial charge < -0.3 is 15.4 Å². The number of aromatic carboxylic acids is 1. The minimum absolute atomic E-state index is 0.241. The molecule has 0 saturated carbocycles. The molecule has 1 unspecified atom stereocenters. The number of carbonyl (C=O) groups is 2. The van der Waals surface area contributed by atoms with E-state index in [2.05, 4.69) is 4.90 Å². The summed E-state index contributed by atoms with van der Waals surface area (Å²) in [6, 6.07) is 5.04. The first-order valence-electron chi connectivity index (χ1n) is 8.99. The number of halogens is 1. The van der Waals surface area contributed by atoms with Crippen LogP contribution in [0.1, 0.15) is 47.8 Å². The summed E-state index contributed by atoms with van der Waals surface area (Å²) in [5.74, 6) is -0.757. The van der Waals surface area contributed by atoms with Crippen LogP contribution >= 0.6 is 11.6 Å². The van der Waals surface area contributed by atoms with Crippen LogP contribution in [0, 0.1) is 0 Å². The van der Waals surface area contributed by atoms with E-state index in [4.69, 9.17) is 17.3 Å². The molecule has 0 bridgehead atoms. The molecule has 7 heteroatoms. The molecule has 1 fully saturated rings. The van der Waals surface area contributed by atoms with Gasteiger partial charge in [0.25, 0.3) is 5.91 Å². The van der Waals surface area contributed by atoms with Crippen LogP contribution in [0.3, 0.4) is 0 Å². The summed E-state index contributed by atoms with van der Waals surface area (Å²) in [6.07, 6.45) is 6.09. The average Bonchev–Trinajstić information content (AvgIpc) is 3.24. The molecule has 1 aromatic heterocycles. The van der Waals surface area contributed by atoms with E-state index in [1.165, 1.54) is 0 Å². The number of primary amides is 1. The maximum Gasteiger partial charge on any atom is 0.335 e. The van der Waals surface area contributed by atoms with Gasteiger partial charge in [0, 0.05) is 30.6 Å². The van der Waals surface area contributed by atoms with Crippen LogP contribution in [0.25, 0.3) is 10.9 Å². The van der Waals surface area contributed by atoms with Gasteiger partial charge in [-0.1, -0.05) is 0 Å². The van der Waals surface area contributed by atoms with Crippen molar-refractivity contribution in [3.63, 3.8) is 0 Å². The Hall–Kier alpha value is -2.05. The summed E-state index contributed by atoms with van der Waals surface area (Å²) in [4.78, 5) is 25.7. The number of alkyl halides is 1. The first-order chi connectivity index (χ1) is 12.5. The maximum absolute atomic E-state index is 12.2. The van der Waals surface area contributed by atoms with Gasteiger partial charge in [-0.3, -0.25) is 9.69 Å². The zero-order chi connectivity index (χ0) is 18.7. The molecule has 140 valence electrons. The van der Waals surface area contributed by atoms with Crippen LogP contribution in [0.15, 0.2) is 24.4 Å². The van der Waals surface area contributed by atoms with Gasteiger partial charge in [0.2, 0.25) is 0 Å². The Morgan fingerprint density at radius 1 is 1.23 bits per heavy atom. The summed E-state index contributed by atoms with van der Waals surface area (Å²) in [6.45, 7) is 1.67. The highest BCUT2D eigenvalue weighted by molar-refractivity contribution is 6.17. The number of carboxylic acids is 1. The van der Waals surface area contributed by atoms with E-state index in [0.717, 1.165) is 61.7 Å². The van der Waals surface area contributed by atoms with E-state index in [-0.39, 0.29) is 5.56 Å². The fourth-order valence-corrected chi connectivity index (χ4v) is 3.94. The number of likely N-dealkylation sites (tertiary alicyclic amines) is 1. The smallest absolute Gasteiger partial charge is 0.335 e. The van der Waals surface area contributed by atoms with Crippen LogP contribution in [0.2, 0.25) is 0 Å².